The first-order valence-electron chi connectivity index (χ1n) is 4.76. The number of rotatable bonds is 4. The number of nitrogens with one attached hydrogen (secondary N) is 1. The van der Waals surface area contributed by atoms with E-state index in [1.807, 2.05) is 7.05 Å². The van der Waals surface area contributed by atoms with Crippen LogP contribution in [0.2, 0.25) is 0 Å². The van der Waals surface area contributed by atoms with Crippen molar-refractivity contribution in [3.05, 3.63) is 30.0 Å². The number of amides is 1. The summed E-state index contributed by atoms with van der Waals surface area (Å²) in [6, 6.07) is 1.58. The summed E-state index contributed by atoms with van der Waals surface area (Å²) in [6.45, 7) is 0. The lowest BCUT2D eigenvalue weighted by molar-refractivity contribution is 0.0952. The predicted molar refractivity (Wildman–Crippen MR) is 60.9 cm³/mol. The van der Waals surface area contributed by atoms with E-state index in [-0.39, 0.29) is 5.91 Å². The maximum Gasteiger partial charge on any atom is 0.268 e. The van der Waals surface area contributed by atoms with Crippen LogP contribution in [0.5, 0.6) is 0 Å². The second kappa shape index (κ2) is 5.02. The number of hydrogen-bond acceptors (Lipinski definition) is 6. The normalized spacial score (nSPS) is 10.5. The van der Waals surface area contributed by atoms with Gasteiger partial charge in [0.1, 0.15) is 12.1 Å². The minimum absolute atomic E-state index is 0.368. The average Bonchev–Trinajstić information content (AvgIpc) is 2.94. The molecule has 2 rings (SSSR count). The van der Waals surface area contributed by atoms with Crippen molar-refractivity contribution in [3.8, 4) is 0 Å². The van der Waals surface area contributed by atoms with Crippen LogP contribution in [0.4, 0.5) is 0 Å². The number of aromatic nitrogens is 3. The minimum Gasteiger partial charge on any atom is -0.468 e. The van der Waals surface area contributed by atoms with Crippen molar-refractivity contribution in [1.29, 1.82) is 0 Å². The van der Waals surface area contributed by atoms with E-state index < -0.39 is 0 Å². The zero-order valence-corrected chi connectivity index (χ0v) is 9.90. The third-order valence-corrected chi connectivity index (χ3v) is 3.16. The van der Waals surface area contributed by atoms with Crippen LogP contribution in [-0.2, 0) is 12.8 Å². The van der Waals surface area contributed by atoms with E-state index in [0.717, 1.165) is 5.16 Å². The Balaban J connectivity index is 2.07. The average molecular weight is 253 g/mol. The summed E-state index contributed by atoms with van der Waals surface area (Å²) in [5.41, 5.74) is 2.50. The fourth-order valence-electron chi connectivity index (χ4n) is 1.27. The van der Waals surface area contributed by atoms with Gasteiger partial charge in [-0.2, -0.15) is 0 Å². The van der Waals surface area contributed by atoms with Gasteiger partial charge in [0.2, 0.25) is 0 Å². The third-order valence-electron chi connectivity index (χ3n) is 2.12. The summed E-state index contributed by atoms with van der Waals surface area (Å²) >= 11 is 1.43. The molecule has 0 fully saturated rings. The number of hydrazine groups is 1. The van der Waals surface area contributed by atoms with Gasteiger partial charge in [0.25, 0.3) is 5.91 Å². The maximum absolute atomic E-state index is 11.4. The summed E-state index contributed by atoms with van der Waals surface area (Å²) < 4.78 is 7.02. The van der Waals surface area contributed by atoms with E-state index in [1.54, 1.807) is 17.0 Å². The molecule has 90 valence electrons. The number of thioether (sulfide) groups is 1. The van der Waals surface area contributed by atoms with Crippen LogP contribution in [0, 0.1) is 0 Å². The second-order valence-electron chi connectivity index (χ2n) is 3.24. The number of hydrogen-bond donors (Lipinski definition) is 2. The SMILES string of the molecule is Cn1cnnc1SCc1occc1C(=O)NN. The smallest absolute Gasteiger partial charge is 0.268 e. The van der Waals surface area contributed by atoms with Crippen LogP contribution >= 0.6 is 11.8 Å². The second-order valence-corrected chi connectivity index (χ2v) is 4.19. The van der Waals surface area contributed by atoms with Gasteiger partial charge in [0, 0.05) is 7.05 Å². The van der Waals surface area contributed by atoms with Crippen molar-refractivity contribution in [1.82, 2.24) is 20.2 Å². The Morgan fingerprint density at radius 1 is 1.71 bits per heavy atom. The molecule has 0 radical (unpaired) electrons. The molecular weight excluding hydrogens is 242 g/mol. The molecule has 17 heavy (non-hydrogen) atoms. The van der Waals surface area contributed by atoms with Gasteiger partial charge in [-0.25, -0.2) is 5.84 Å². The van der Waals surface area contributed by atoms with E-state index >= 15 is 0 Å². The Bertz CT molecular complexity index is 521. The lowest BCUT2D eigenvalue weighted by atomic mass is 10.2. The van der Waals surface area contributed by atoms with Crippen LogP contribution in [0.1, 0.15) is 16.1 Å². The molecule has 3 N–H and O–H groups in total. The predicted octanol–water partition coefficient (Wildman–Crippen LogP) is 0.304. The lowest BCUT2D eigenvalue weighted by Crippen LogP contribution is -2.30. The summed E-state index contributed by atoms with van der Waals surface area (Å²) in [4.78, 5) is 11.4. The zero-order chi connectivity index (χ0) is 12.3. The Morgan fingerprint density at radius 3 is 3.18 bits per heavy atom. The number of nitrogens with two attached hydrogens (primary N) is 1. The molecule has 7 nitrogen and oxygen atoms in total. The van der Waals surface area contributed by atoms with Crippen LogP contribution < -0.4 is 11.3 Å². The first kappa shape index (κ1) is 11.7. The van der Waals surface area contributed by atoms with Gasteiger partial charge in [-0.1, -0.05) is 11.8 Å². The number of nitrogen functional groups attached to an aromatic ring is 1. The summed E-state index contributed by atoms with van der Waals surface area (Å²) in [6.07, 6.45) is 3.06. The van der Waals surface area contributed by atoms with Crippen LogP contribution in [0.15, 0.2) is 28.2 Å². The van der Waals surface area contributed by atoms with Crippen LogP contribution in [0.25, 0.3) is 0 Å². The maximum atomic E-state index is 11.4. The molecule has 0 aliphatic heterocycles. The molecule has 2 heterocycles. The van der Waals surface area contributed by atoms with E-state index in [1.165, 1.54) is 18.0 Å². The largest absolute Gasteiger partial charge is 0.468 e. The first-order valence-corrected chi connectivity index (χ1v) is 5.75. The number of carbonyl (C=O) groups excluding carboxylic acids is 1. The van der Waals surface area contributed by atoms with Crippen molar-refractivity contribution in [2.45, 2.75) is 10.9 Å². The molecule has 0 atom stereocenters. The molecule has 0 spiro atoms. The zero-order valence-electron chi connectivity index (χ0n) is 9.08. The highest BCUT2D eigenvalue weighted by molar-refractivity contribution is 7.98. The third kappa shape index (κ3) is 2.48. The Labute approximate surface area is 101 Å². The summed E-state index contributed by atoms with van der Waals surface area (Å²) in [5.74, 6) is 5.75. The fraction of sp³-hybridized carbons (Fsp3) is 0.222. The van der Waals surface area contributed by atoms with Crippen molar-refractivity contribution < 1.29 is 9.21 Å². The van der Waals surface area contributed by atoms with Gasteiger partial charge in [-0.15, -0.1) is 10.2 Å². The molecular formula is C9H11N5O2S. The van der Waals surface area contributed by atoms with Gasteiger partial charge < -0.3 is 8.98 Å². The lowest BCUT2D eigenvalue weighted by Gasteiger charge is -2.01. The van der Waals surface area contributed by atoms with Crippen molar-refractivity contribution in [3.63, 3.8) is 0 Å². The highest BCUT2D eigenvalue weighted by Gasteiger charge is 2.14. The minimum atomic E-state index is -0.368. The molecule has 0 bridgehead atoms. The van der Waals surface area contributed by atoms with Gasteiger partial charge >= 0.3 is 0 Å². The number of furan rings is 1. The highest BCUT2D eigenvalue weighted by Crippen LogP contribution is 2.22. The number of carbonyl (C=O) groups is 1. The van der Waals surface area contributed by atoms with E-state index in [9.17, 15) is 4.79 Å². The number of aryl methyl sites for hydroxylation is 1. The van der Waals surface area contributed by atoms with Crippen LogP contribution in [-0.4, -0.2) is 20.7 Å². The topological polar surface area (TPSA) is 99.0 Å². The van der Waals surface area contributed by atoms with Crippen molar-refractivity contribution >= 4 is 17.7 Å². The molecule has 0 saturated carbocycles. The van der Waals surface area contributed by atoms with E-state index in [4.69, 9.17) is 10.3 Å². The van der Waals surface area contributed by atoms with E-state index in [0.29, 0.717) is 17.1 Å². The molecule has 0 saturated heterocycles. The monoisotopic (exact) mass is 253 g/mol. The molecule has 2 aromatic rings. The summed E-state index contributed by atoms with van der Waals surface area (Å²) in [5, 5.41) is 8.43. The number of nitrogens with zero attached hydrogens (tertiary/aromatic N) is 3. The van der Waals surface area contributed by atoms with Gasteiger partial charge in [0.15, 0.2) is 5.16 Å². The standard InChI is InChI=1S/C9H11N5O2S/c1-14-5-11-13-9(14)17-4-7-6(2-3-16-7)8(15)12-10/h2-3,5H,4,10H2,1H3,(H,12,15). The van der Waals surface area contributed by atoms with Crippen molar-refractivity contribution in [2.75, 3.05) is 0 Å². The molecule has 8 heteroatoms. The van der Waals surface area contributed by atoms with Gasteiger partial charge in [-0.05, 0) is 6.07 Å². The molecule has 1 amide bonds. The Morgan fingerprint density at radius 2 is 2.53 bits per heavy atom. The molecule has 0 aliphatic carbocycles. The Hall–Kier alpha value is -1.80. The van der Waals surface area contributed by atoms with Crippen molar-refractivity contribution in [2.24, 2.45) is 12.9 Å². The molecule has 0 aliphatic rings. The molecule has 0 aromatic carbocycles. The highest BCUT2D eigenvalue weighted by atomic mass is 32.2. The fourth-order valence-corrected chi connectivity index (χ4v) is 2.11. The quantitative estimate of drug-likeness (QED) is 0.352. The molecule has 2 aromatic heterocycles. The first-order chi connectivity index (χ1) is 8.22. The molecule has 0 unspecified atom stereocenters. The van der Waals surface area contributed by atoms with E-state index in [2.05, 4.69) is 15.6 Å². The van der Waals surface area contributed by atoms with Crippen LogP contribution in [0.3, 0.4) is 0 Å². The van der Waals surface area contributed by atoms with Gasteiger partial charge in [-0.3, -0.25) is 10.2 Å². The Kier molecular flexibility index (Phi) is 3.45. The van der Waals surface area contributed by atoms with Gasteiger partial charge in [0.05, 0.1) is 17.6 Å². The summed E-state index contributed by atoms with van der Waals surface area (Å²) in [7, 11) is 1.85.